The van der Waals surface area contributed by atoms with Gasteiger partial charge in [0, 0.05) is 11.6 Å². The molecule has 0 aliphatic rings. The lowest BCUT2D eigenvalue weighted by Crippen LogP contribution is -1.98. The van der Waals surface area contributed by atoms with E-state index < -0.39 is 10.7 Å². The Morgan fingerprint density at radius 1 is 1.50 bits per heavy atom. The molecule has 20 heavy (non-hydrogen) atoms. The van der Waals surface area contributed by atoms with Gasteiger partial charge < -0.3 is 10.8 Å². The molecule has 1 aromatic heterocycles. The van der Waals surface area contributed by atoms with E-state index in [1.165, 1.54) is 17.0 Å². The highest BCUT2D eigenvalue weighted by Gasteiger charge is 2.17. The largest absolute Gasteiger partial charge is 0.502 e. The third-order valence-corrected chi connectivity index (χ3v) is 2.62. The van der Waals surface area contributed by atoms with Crippen LogP contribution in [0.3, 0.4) is 0 Å². The quantitative estimate of drug-likeness (QED) is 0.500. The first-order valence-electron chi connectivity index (χ1n) is 5.72. The zero-order valence-corrected chi connectivity index (χ0v) is 10.9. The van der Waals surface area contributed by atoms with Crippen molar-refractivity contribution in [2.45, 2.75) is 13.8 Å². The monoisotopic (exact) mass is 275 g/mol. The third kappa shape index (κ3) is 2.58. The van der Waals surface area contributed by atoms with E-state index in [0.29, 0.717) is 11.3 Å². The fourth-order valence-electron chi connectivity index (χ4n) is 1.75. The van der Waals surface area contributed by atoms with E-state index in [2.05, 4.69) is 10.1 Å². The summed E-state index contributed by atoms with van der Waals surface area (Å²) in [7, 11) is 0. The number of anilines is 1. The highest BCUT2D eigenvalue weighted by molar-refractivity contribution is 5.86. The number of nitrogens with two attached hydrogens (primary N) is 1. The second-order valence-electron chi connectivity index (χ2n) is 4.31. The molecule has 0 atom stereocenters. The minimum absolute atomic E-state index is 0.195. The molecule has 0 saturated carbocycles. The van der Waals surface area contributed by atoms with Gasteiger partial charge >= 0.3 is 5.69 Å². The van der Waals surface area contributed by atoms with Gasteiger partial charge in [0.05, 0.1) is 23.0 Å². The summed E-state index contributed by atoms with van der Waals surface area (Å²) < 4.78 is 1.32. The Balaban J connectivity index is 2.43. The number of rotatable bonds is 3. The van der Waals surface area contributed by atoms with Crippen LogP contribution in [0.15, 0.2) is 23.4 Å². The topological polar surface area (TPSA) is 120 Å². The van der Waals surface area contributed by atoms with E-state index in [9.17, 15) is 15.2 Å². The molecule has 0 saturated heterocycles. The number of phenols is 1. The number of phenolic OH excluding ortho intramolecular Hbond substituents is 1. The van der Waals surface area contributed by atoms with Crippen LogP contribution in [-0.2, 0) is 0 Å². The summed E-state index contributed by atoms with van der Waals surface area (Å²) >= 11 is 0. The fraction of sp³-hybridized carbons (Fsp3) is 0.167. The van der Waals surface area contributed by atoms with Crippen molar-refractivity contribution in [3.63, 3.8) is 0 Å². The van der Waals surface area contributed by atoms with E-state index in [1.54, 1.807) is 26.1 Å². The zero-order chi connectivity index (χ0) is 14.9. The third-order valence-electron chi connectivity index (χ3n) is 2.62. The molecule has 0 radical (unpaired) electrons. The molecule has 0 aliphatic carbocycles. The minimum Gasteiger partial charge on any atom is -0.502 e. The summed E-state index contributed by atoms with van der Waals surface area (Å²) in [6.45, 7) is 3.46. The first-order valence-corrected chi connectivity index (χ1v) is 5.72. The van der Waals surface area contributed by atoms with Crippen LogP contribution in [0.25, 0.3) is 0 Å². The molecule has 1 aromatic carbocycles. The lowest BCUT2D eigenvalue weighted by molar-refractivity contribution is -0.385. The summed E-state index contributed by atoms with van der Waals surface area (Å²) in [5.74, 6) is -0.236. The van der Waals surface area contributed by atoms with E-state index >= 15 is 0 Å². The van der Waals surface area contributed by atoms with Crippen LogP contribution in [-0.4, -0.2) is 25.9 Å². The number of hydrogen-bond donors (Lipinski definition) is 2. The maximum atomic E-state index is 10.8. The van der Waals surface area contributed by atoms with Crippen LogP contribution in [0.4, 0.5) is 11.6 Å². The Hall–Kier alpha value is -2.90. The predicted molar refractivity (Wildman–Crippen MR) is 73.9 cm³/mol. The minimum atomic E-state index is -0.643. The molecular formula is C12H13N5O3. The van der Waals surface area contributed by atoms with Gasteiger partial charge in [-0.1, -0.05) is 0 Å². The van der Waals surface area contributed by atoms with Gasteiger partial charge in [-0.25, -0.2) is 9.66 Å². The molecule has 0 aliphatic heterocycles. The van der Waals surface area contributed by atoms with Gasteiger partial charge in [0.15, 0.2) is 0 Å². The molecule has 104 valence electrons. The van der Waals surface area contributed by atoms with E-state index in [-0.39, 0.29) is 17.2 Å². The number of hydrogen-bond acceptors (Lipinski definition) is 6. The number of nitro benzene ring substituents is 1. The summed E-state index contributed by atoms with van der Waals surface area (Å²) in [5.41, 5.74) is 6.84. The molecule has 8 nitrogen and oxygen atoms in total. The molecule has 0 amide bonds. The number of nitro groups is 1. The molecule has 0 spiro atoms. The summed E-state index contributed by atoms with van der Waals surface area (Å²) in [6, 6.07) is 2.88. The van der Waals surface area contributed by atoms with Crippen molar-refractivity contribution in [3.05, 3.63) is 45.3 Å². The molecular weight excluding hydrogens is 262 g/mol. The molecule has 3 N–H and O–H groups in total. The van der Waals surface area contributed by atoms with Crippen LogP contribution in [0.5, 0.6) is 5.75 Å². The van der Waals surface area contributed by atoms with Crippen molar-refractivity contribution < 1.29 is 10.0 Å². The van der Waals surface area contributed by atoms with Crippen LogP contribution >= 0.6 is 0 Å². The Bertz CT molecular complexity index is 705. The van der Waals surface area contributed by atoms with Crippen LogP contribution in [0, 0.1) is 24.0 Å². The van der Waals surface area contributed by atoms with Gasteiger partial charge in [-0.15, -0.1) is 0 Å². The smallest absolute Gasteiger partial charge is 0.311 e. The van der Waals surface area contributed by atoms with Gasteiger partial charge in [0.25, 0.3) is 0 Å². The molecule has 0 unspecified atom stereocenters. The van der Waals surface area contributed by atoms with E-state index in [1.807, 2.05) is 0 Å². The first-order chi connectivity index (χ1) is 9.38. The number of aryl methyl sites for hydroxylation is 2. The first kappa shape index (κ1) is 13.5. The number of benzene rings is 1. The van der Waals surface area contributed by atoms with Crippen molar-refractivity contribution >= 4 is 17.9 Å². The Morgan fingerprint density at radius 2 is 2.20 bits per heavy atom. The van der Waals surface area contributed by atoms with E-state index in [0.717, 1.165) is 0 Å². The SMILES string of the molecule is Cc1cc(C=Nn2cc(C)nc2N)c(O)c([N+](=O)[O-])c1. The molecule has 0 fully saturated rings. The fourth-order valence-corrected chi connectivity index (χ4v) is 1.75. The molecule has 2 rings (SSSR count). The van der Waals surface area contributed by atoms with Crippen molar-refractivity contribution in [2.24, 2.45) is 5.10 Å². The number of nitrogen functional groups attached to an aromatic ring is 1. The normalized spacial score (nSPS) is 11.1. The molecule has 1 heterocycles. The highest BCUT2D eigenvalue weighted by Crippen LogP contribution is 2.30. The molecule has 0 bridgehead atoms. The Morgan fingerprint density at radius 3 is 2.75 bits per heavy atom. The average molecular weight is 275 g/mol. The molecule has 8 heteroatoms. The number of imidazole rings is 1. The van der Waals surface area contributed by atoms with Crippen LogP contribution < -0.4 is 5.73 Å². The average Bonchev–Trinajstić information content (AvgIpc) is 2.68. The van der Waals surface area contributed by atoms with Gasteiger partial charge in [-0.2, -0.15) is 5.10 Å². The van der Waals surface area contributed by atoms with Crippen molar-refractivity contribution in [1.82, 2.24) is 9.66 Å². The van der Waals surface area contributed by atoms with Gasteiger partial charge in [-0.05, 0) is 25.5 Å². The molecule has 2 aromatic rings. The van der Waals surface area contributed by atoms with Gasteiger partial charge in [-0.3, -0.25) is 10.1 Å². The van der Waals surface area contributed by atoms with Crippen molar-refractivity contribution in [3.8, 4) is 5.75 Å². The number of nitrogens with zero attached hydrogens (tertiary/aromatic N) is 4. The van der Waals surface area contributed by atoms with Crippen LogP contribution in [0.2, 0.25) is 0 Å². The highest BCUT2D eigenvalue weighted by atomic mass is 16.6. The standard InChI is InChI=1S/C12H13N5O3/c1-7-3-9(11(18)10(4-7)17(19)20)5-14-16-6-8(2)15-12(16)13/h3-6,18H,1-2H3,(H2,13,15). The lowest BCUT2D eigenvalue weighted by Gasteiger charge is -2.02. The summed E-state index contributed by atoms with van der Waals surface area (Å²) in [6.07, 6.45) is 2.90. The maximum absolute atomic E-state index is 10.8. The maximum Gasteiger partial charge on any atom is 0.311 e. The van der Waals surface area contributed by atoms with E-state index in [4.69, 9.17) is 5.73 Å². The summed E-state index contributed by atoms with van der Waals surface area (Å²) in [4.78, 5) is 14.1. The number of aromatic hydroxyl groups is 1. The lowest BCUT2D eigenvalue weighted by atomic mass is 10.1. The van der Waals surface area contributed by atoms with Gasteiger partial charge in [0.1, 0.15) is 0 Å². The second kappa shape index (κ2) is 5.00. The zero-order valence-electron chi connectivity index (χ0n) is 10.9. The Kier molecular flexibility index (Phi) is 3.38. The number of aromatic nitrogens is 2. The van der Waals surface area contributed by atoms with Crippen LogP contribution in [0.1, 0.15) is 16.8 Å². The second-order valence-corrected chi connectivity index (χ2v) is 4.31. The van der Waals surface area contributed by atoms with Crippen molar-refractivity contribution in [1.29, 1.82) is 0 Å². The summed E-state index contributed by atoms with van der Waals surface area (Å²) in [5, 5.41) is 24.7. The predicted octanol–water partition coefficient (Wildman–Crippen LogP) is 1.58. The van der Waals surface area contributed by atoms with Crippen molar-refractivity contribution in [2.75, 3.05) is 5.73 Å². The Labute approximate surface area is 114 Å². The van der Waals surface area contributed by atoms with Gasteiger partial charge in [0.2, 0.25) is 11.7 Å².